The summed E-state index contributed by atoms with van der Waals surface area (Å²) < 4.78 is 1.21. The van der Waals surface area contributed by atoms with Crippen LogP contribution in [0.25, 0.3) is 0 Å². The summed E-state index contributed by atoms with van der Waals surface area (Å²) in [5, 5.41) is 0. The number of nitrogens with zero attached hydrogens (tertiary/aromatic N) is 1. The molecule has 0 fully saturated rings. The molecular weight excluding hydrogens is 327 g/mol. The number of hydrogen-bond acceptors (Lipinski definition) is 2. The van der Waals surface area contributed by atoms with Gasteiger partial charge in [-0.2, -0.15) is 0 Å². The molecule has 1 aromatic heterocycles. The van der Waals surface area contributed by atoms with E-state index in [1.54, 1.807) is 0 Å². The predicted molar refractivity (Wildman–Crippen MR) is 75.3 cm³/mol. The highest BCUT2D eigenvalue weighted by atomic mass is 127. The molecule has 3 nitrogen and oxygen atoms in total. The molecule has 1 aromatic carbocycles. The lowest BCUT2D eigenvalue weighted by molar-refractivity contribution is 0.101. The van der Waals surface area contributed by atoms with Gasteiger partial charge >= 0.3 is 0 Å². The second-order valence-corrected chi connectivity index (χ2v) is 5.26. The Kier molecular flexibility index (Phi) is 3.61. The minimum absolute atomic E-state index is 0.00705. The van der Waals surface area contributed by atoms with Gasteiger partial charge in [0.25, 0.3) is 0 Å². The Morgan fingerprint density at radius 1 is 1.35 bits per heavy atom. The summed E-state index contributed by atoms with van der Waals surface area (Å²) in [6.45, 7) is 3.42. The quantitative estimate of drug-likeness (QED) is 0.689. The van der Waals surface area contributed by atoms with Crippen LogP contribution >= 0.6 is 22.6 Å². The topological polar surface area (TPSA) is 45.8 Å². The van der Waals surface area contributed by atoms with Crippen molar-refractivity contribution in [1.29, 1.82) is 0 Å². The number of rotatable bonds is 3. The minimum atomic E-state index is 0.00705. The summed E-state index contributed by atoms with van der Waals surface area (Å²) in [7, 11) is 0. The molecule has 4 heteroatoms. The molecule has 0 spiro atoms. The van der Waals surface area contributed by atoms with Gasteiger partial charge < -0.3 is 4.98 Å². The highest BCUT2D eigenvalue weighted by molar-refractivity contribution is 14.1. The van der Waals surface area contributed by atoms with Gasteiger partial charge in [-0.05, 0) is 47.2 Å². The van der Waals surface area contributed by atoms with Crippen LogP contribution in [0.4, 0.5) is 0 Å². The van der Waals surface area contributed by atoms with E-state index in [2.05, 4.69) is 56.8 Å². The zero-order valence-corrected chi connectivity index (χ0v) is 11.9. The van der Waals surface area contributed by atoms with Crippen molar-refractivity contribution in [3.8, 4) is 0 Å². The number of nitrogens with one attached hydrogen (secondary N) is 1. The maximum Gasteiger partial charge on any atom is 0.179 e. The Morgan fingerprint density at radius 3 is 2.53 bits per heavy atom. The van der Waals surface area contributed by atoms with E-state index in [0.29, 0.717) is 5.69 Å². The Morgan fingerprint density at radius 2 is 2.00 bits per heavy atom. The van der Waals surface area contributed by atoms with Crippen LogP contribution in [0.1, 0.15) is 34.5 Å². The predicted octanol–water partition coefficient (Wildman–Crippen LogP) is 3.12. The molecule has 0 aliphatic heterocycles. The summed E-state index contributed by atoms with van der Waals surface area (Å²) in [6, 6.07) is 8.29. The molecule has 2 aromatic rings. The third-order valence-corrected chi connectivity index (χ3v) is 3.27. The van der Waals surface area contributed by atoms with Crippen molar-refractivity contribution < 1.29 is 4.79 Å². The standard InChI is InChI=1S/C13H13IN2O/c1-8-13(9(2)17)16-12(15-8)7-10-3-5-11(14)6-4-10/h3-6H,7H2,1-2H3,(H,15,16). The first-order valence-electron chi connectivity index (χ1n) is 5.37. The van der Waals surface area contributed by atoms with Gasteiger partial charge in [0.05, 0.1) is 0 Å². The van der Waals surface area contributed by atoms with E-state index < -0.39 is 0 Å². The van der Waals surface area contributed by atoms with E-state index in [9.17, 15) is 4.79 Å². The maximum absolute atomic E-state index is 11.3. The van der Waals surface area contributed by atoms with Crippen LogP contribution in [0.15, 0.2) is 24.3 Å². The van der Waals surface area contributed by atoms with E-state index in [1.807, 2.05) is 6.92 Å². The molecule has 2 rings (SSSR count). The number of hydrogen-bond donors (Lipinski definition) is 1. The zero-order chi connectivity index (χ0) is 12.4. The minimum Gasteiger partial charge on any atom is -0.345 e. The molecule has 88 valence electrons. The fourth-order valence-electron chi connectivity index (χ4n) is 1.74. The molecule has 0 bridgehead atoms. The molecule has 0 aliphatic carbocycles. The molecule has 0 aliphatic rings. The summed E-state index contributed by atoms with van der Waals surface area (Å²) in [5.74, 6) is 0.849. The molecule has 1 N–H and O–H groups in total. The monoisotopic (exact) mass is 340 g/mol. The van der Waals surface area contributed by atoms with Crippen molar-refractivity contribution in [2.45, 2.75) is 20.3 Å². The number of Topliss-reactive ketones (excluding diaryl/α,β-unsaturated/α-hetero) is 1. The van der Waals surface area contributed by atoms with Gasteiger partial charge in [0.15, 0.2) is 5.78 Å². The molecule has 17 heavy (non-hydrogen) atoms. The molecular formula is C13H13IN2O. The summed E-state index contributed by atoms with van der Waals surface area (Å²) in [5.41, 5.74) is 2.58. The van der Waals surface area contributed by atoms with Crippen LogP contribution in [0.2, 0.25) is 0 Å². The van der Waals surface area contributed by atoms with Crippen LogP contribution in [-0.4, -0.2) is 15.8 Å². The average molecular weight is 340 g/mol. The van der Waals surface area contributed by atoms with E-state index in [0.717, 1.165) is 17.9 Å². The lowest BCUT2D eigenvalue weighted by Crippen LogP contribution is -1.95. The average Bonchev–Trinajstić information content (AvgIpc) is 2.63. The second-order valence-electron chi connectivity index (χ2n) is 4.02. The lowest BCUT2D eigenvalue weighted by Gasteiger charge is -1.98. The van der Waals surface area contributed by atoms with E-state index in [4.69, 9.17) is 0 Å². The summed E-state index contributed by atoms with van der Waals surface area (Å²) in [4.78, 5) is 18.8. The number of carbonyl (C=O) groups excluding carboxylic acids is 1. The van der Waals surface area contributed by atoms with Crippen LogP contribution < -0.4 is 0 Å². The third-order valence-electron chi connectivity index (χ3n) is 2.55. The Balaban J connectivity index is 2.22. The molecule has 0 unspecified atom stereocenters. The van der Waals surface area contributed by atoms with E-state index >= 15 is 0 Å². The number of aryl methyl sites for hydroxylation is 1. The van der Waals surface area contributed by atoms with Gasteiger partial charge in [-0.1, -0.05) is 12.1 Å². The van der Waals surface area contributed by atoms with Gasteiger partial charge in [0.1, 0.15) is 11.5 Å². The number of benzene rings is 1. The number of imidazole rings is 1. The summed E-state index contributed by atoms with van der Waals surface area (Å²) >= 11 is 2.28. The highest BCUT2D eigenvalue weighted by Gasteiger charge is 2.10. The van der Waals surface area contributed by atoms with Gasteiger partial charge in [-0.25, -0.2) is 4.98 Å². The van der Waals surface area contributed by atoms with Crippen LogP contribution in [0.5, 0.6) is 0 Å². The van der Waals surface area contributed by atoms with Gasteiger partial charge in [-0.15, -0.1) is 0 Å². The Bertz CT molecular complexity index is 543. The van der Waals surface area contributed by atoms with Gasteiger partial charge in [0.2, 0.25) is 0 Å². The second kappa shape index (κ2) is 5.00. The highest BCUT2D eigenvalue weighted by Crippen LogP contribution is 2.12. The van der Waals surface area contributed by atoms with E-state index in [-0.39, 0.29) is 5.78 Å². The number of ketones is 1. The normalized spacial score (nSPS) is 10.5. The van der Waals surface area contributed by atoms with Gasteiger partial charge in [-0.3, -0.25) is 4.79 Å². The number of aromatic nitrogens is 2. The lowest BCUT2D eigenvalue weighted by atomic mass is 10.1. The van der Waals surface area contributed by atoms with Crippen LogP contribution in [0, 0.1) is 10.5 Å². The van der Waals surface area contributed by atoms with Crippen LogP contribution in [0.3, 0.4) is 0 Å². The van der Waals surface area contributed by atoms with Crippen molar-refractivity contribution in [2.75, 3.05) is 0 Å². The molecule has 0 atom stereocenters. The molecule has 0 radical (unpaired) electrons. The fourth-order valence-corrected chi connectivity index (χ4v) is 2.10. The number of carbonyl (C=O) groups is 1. The molecule has 0 saturated carbocycles. The zero-order valence-electron chi connectivity index (χ0n) is 9.75. The first kappa shape index (κ1) is 12.3. The SMILES string of the molecule is CC(=O)c1nc(Cc2ccc(I)cc2)[nH]c1C. The first-order valence-corrected chi connectivity index (χ1v) is 6.45. The number of H-pyrrole nitrogens is 1. The molecule has 0 saturated heterocycles. The van der Waals surface area contributed by atoms with Crippen molar-refractivity contribution in [3.63, 3.8) is 0 Å². The van der Waals surface area contributed by atoms with Crippen molar-refractivity contribution in [3.05, 3.63) is 50.6 Å². The Labute approximate surface area is 114 Å². The smallest absolute Gasteiger partial charge is 0.179 e. The van der Waals surface area contributed by atoms with Crippen LogP contribution in [-0.2, 0) is 6.42 Å². The van der Waals surface area contributed by atoms with Crippen molar-refractivity contribution in [2.24, 2.45) is 0 Å². The number of halogens is 1. The largest absolute Gasteiger partial charge is 0.345 e. The summed E-state index contributed by atoms with van der Waals surface area (Å²) in [6.07, 6.45) is 0.727. The van der Waals surface area contributed by atoms with E-state index in [1.165, 1.54) is 16.1 Å². The first-order chi connectivity index (χ1) is 8.06. The third kappa shape index (κ3) is 2.94. The Hall–Kier alpha value is -1.17. The number of aromatic amines is 1. The van der Waals surface area contributed by atoms with Crippen molar-refractivity contribution in [1.82, 2.24) is 9.97 Å². The maximum atomic E-state index is 11.3. The fraction of sp³-hybridized carbons (Fsp3) is 0.231. The van der Waals surface area contributed by atoms with Gasteiger partial charge in [0, 0.05) is 22.6 Å². The molecule has 0 amide bonds. The molecule has 1 heterocycles. The van der Waals surface area contributed by atoms with Crippen molar-refractivity contribution >= 4 is 28.4 Å².